The first-order chi connectivity index (χ1) is 12.4. The summed E-state index contributed by atoms with van der Waals surface area (Å²) in [6.45, 7) is 7.99. The average molecular weight is 358 g/mol. The minimum atomic E-state index is -0.461. The summed E-state index contributed by atoms with van der Waals surface area (Å²) in [7, 11) is 1.54. The minimum Gasteiger partial charge on any atom is -0.460 e. The van der Waals surface area contributed by atoms with Crippen molar-refractivity contribution in [3.05, 3.63) is 51.8 Å². The Labute approximate surface area is 153 Å². The zero-order chi connectivity index (χ0) is 19.3. The highest BCUT2D eigenvalue weighted by Crippen LogP contribution is 2.24. The Bertz CT molecular complexity index is 808. The van der Waals surface area contributed by atoms with Crippen LogP contribution in [-0.4, -0.2) is 37.2 Å². The number of para-hydroxylation sites is 1. The number of aromatic amines is 1. The monoisotopic (exact) mass is 358 g/mol. The molecule has 1 amide bonds. The van der Waals surface area contributed by atoms with Crippen molar-refractivity contribution in [1.29, 1.82) is 0 Å². The molecule has 6 heteroatoms. The summed E-state index contributed by atoms with van der Waals surface area (Å²) >= 11 is 0. The number of benzene rings is 1. The number of aryl methyl sites for hydroxylation is 3. The Kier molecular flexibility index (Phi) is 6.58. The third kappa shape index (κ3) is 4.14. The first-order valence-corrected chi connectivity index (χ1v) is 8.65. The van der Waals surface area contributed by atoms with Crippen LogP contribution in [0, 0.1) is 20.8 Å². The van der Waals surface area contributed by atoms with E-state index in [4.69, 9.17) is 9.47 Å². The number of hydrogen-bond donors (Lipinski definition) is 2. The lowest BCUT2D eigenvalue weighted by Crippen LogP contribution is -2.16. The van der Waals surface area contributed by atoms with Gasteiger partial charge in [0.05, 0.1) is 12.2 Å². The standard InChI is InChI=1S/C20H26N2O4/c1-6-15-9-7-8-12(2)17(15)22-19(23)18-13(3)16(14(4)21-18)20(24)26-11-10-25-5/h7-9,21H,6,10-11H2,1-5H3,(H,22,23). The van der Waals surface area contributed by atoms with E-state index in [1.54, 1.807) is 21.0 Å². The maximum Gasteiger partial charge on any atom is 0.340 e. The van der Waals surface area contributed by atoms with Gasteiger partial charge < -0.3 is 19.8 Å². The molecule has 26 heavy (non-hydrogen) atoms. The molecule has 2 N–H and O–H groups in total. The molecule has 1 heterocycles. The van der Waals surface area contributed by atoms with E-state index < -0.39 is 5.97 Å². The van der Waals surface area contributed by atoms with Gasteiger partial charge in [-0.15, -0.1) is 0 Å². The Balaban J connectivity index is 2.26. The van der Waals surface area contributed by atoms with Crippen LogP contribution in [0.2, 0.25) is 0 Å². The van der Waals surface area contributed by atoms with Gasteiger partial charge in [0.2, 0.25) is 0 Å². The lowest BCUT2D eigenvalue weighted by atomic mass is 10.1. The number of ether oxygens (including phenoxy) is 2. The van der Waals surface area contributed by atoms with Gasteiger partial charge in [0.15, 0.2) is 0 Å². The molecule has 140 valence electrons. The predicted octanol–water partition coefficient (Wildman–Crippen LogP) is 3.56. The molecule has 0 bridgehead atoms. The van der Waals surface area contributed by atoms with Gasteiger partial charge in [0.1, 0.15) is 12.3 Å². The molecule has 0 saturated carbocycles. The summed E-state index contributed by atoms with van der Waals surface area (Å²) in [5.41, 5.74) is 4.83. The van der Waals surface area contributed by atoms with Crippen LogP contribution in [0.1, 0.15) is 50.2 Å². The number of rotatable bonds is 7. The van der Waals surface area contributed by atoms with Gasteiger partial charge in [-0.3, -0.25) is 4.79 Å². The van der Waals surface area contributed by atoms with Gasteiger partial charge >= 0.3 is 5.97 Å². The number of H-pyrrole nitrogens is 1. The van der Waals surface area contributed by atoms with Gasteiger partial charge in [-0.1, -0.05) is 25.1 Å². The molecule has 1 aromatic heterocycles. The van der Waals surface area contributed by atoms with Gasteiger partial charge in [0, 0.05) is 18.5 Å². The van der Waals surface area contributed by atoms with E-state index in [-0.39, 0.29) is 12.5 Å². The molecule has 0 unspecified atom stereocenters. The normalized spacial score (nSPS) is 10.7. The van der Waals surface area contributed by atoms with E-state index in [9.17, 15) is 9.59 Å². The fourth-order valence-corrected chi connectivity index (χ4v) is 2.95. The van der Waals surface area contributed by atoms with Crippen molar-refractivity contribution in [2.75, 3.05) is 25.6 Å². The number of carbonyl (C=O) groups excluding carboxylic acids is 2. The summed E-state index contributed by atoms with van der Waals surface area (Å²) in [6, 6.07) is 5.93. The SMILES string of the molecule is CCc1cccc(C)c1NC(=O)c1[nH]c(C)c(C(=O)OCCOC)c1C. The second-order valence-corrected chi connectivity index (χ2v) is 6.17. The van der Waals surface area contributed by atoms with Crippen LogP contribution in [0.5, 0.6) is 0 Å². The molecular weight excluding hydrogens is 332 g/mol. The van der Waals surface area contributed by atoms with E-state index in [2.05, 4.69) is 10.3 Å². The van der Waals surface area contributed by atoms with E-state index in [0.717, 1.165) is 23.2 Å². The molecule has 0 aliphatic heterocycles. The zero-order valence-electron chi connectivity index (χ0n) is 16.0. The molecule has 0 saturated heterocycles. The van der Waals surface area contributed by atoms with Crippen LogP contribution in [0.15, 0.2) is 18.2 Å². The topological polar surface area (TPSA) is 80.4 Å². The van der Waals surface area contributed by atoms with Gasteiger partial charge in [-0.25, -0.2) is 4.79 Å². The maximum absolute atomic E-state index is 12.8. The fraction of sp³-hybridized carbons (Fsp3) is 0.400. The lowest BCUT2D eigenvalue weighted by Gasteiger charge is -2.13. The van der Waals surface area contributed by atoms with Crippen molar-refractivity contribution in [3.8, 4) is 0 Å². The number of methoxy groups -OCH3 is 1. The molecule has 1 aromatic carbocycles. The number of amides is 1. The fourth-order valence-electron chi connectivity index (χ4n) is 2.95. The van der Waals surface area contributed by atoms with Crippen molar-refractivity contribution in [2.24, 2.45) is 0 Å². The number of esters is 1. The number of aromatic nitrogens is 1. The quantitative estimate of drug-likeness (QED) is 0.586. The first kappa shape index (κ1) is 19.7. The number of anilines is 1. The number of carbonyl (C=O) groups is 2. The van der Waals surface area contributed by atoms with Crippen molar-refractivity contribution < 1.29 is 19.1 Å². The lowest BCUT2D eigenvalue weighted by molar-refractivity contribution is 0.0387. The highest BCUT2D eigenvalue weighted by molar-refractivity contribution is 6.07. The second-order valence-electron chi connectivity index (χ2n) is 6.17. The Morgan fingerprint density at radius 3 is 2.54 bits per heavy atom. The summed E-state index contributed by atoms with van der Waals surface area (Å²) in [4.78, 5) is 28.1. The Hall–Kier alpha value is -2.60. The van der Waals surface area contributed by atoms with Crippen molar-refractivity contribution >= 4 is 17.6 Å². The molecule has 0 aliphatic carbocycles. The van der Waals surface area contributed by atoms with Crippen LogP contribution in [0.4, 0.5) is 5.69 Å². The molecular formula is C20H26N2O4. The molecule has 2 aromatic rings. The van der Waals surface area contributed by atoms with E-state index in [1.165, 1.54) is 0 Å². The van der Waals surface area contributed by atoms with Crippen LogP contribution in [0.25, 0.3) is 0 Å². The van der Waals surface area contributed by atoms with Crippen LogP contribution >= 0.6 is 0 Å². The molecule has 6 nitrogen and oxygen atoms in total. The first-order valence-electron chi connectivity index (χ1n) is 8.65. The Morgan fingerprint density at radius 1 is 1.15 bits per heavy atom. The molecule has 0 spiro atoms. The smallest absolute Gasteiger partial charge is 0.340 e. The summed E-state index contributed by atoms with van der Waals surface area (Å²) in [5, 5.41) is 2.98. The number of hydrogen-bond acceptors (Lipinski definition) is 4. The zero-order valence-corrected chi connectivity index (χ0v) is 16.0. The van der Waals surface area contributed by atoms with Gasteiger partial charge in [0.25, 0.3) is 5.91 Å². The molecule has 0 radical (unpaired) electrons. The largest absolute Gasteiger partial charge is 0.460 e. The van der Waals surface area contributed by atoms with E-state index in [0.29, 0.717) is 29.1 Å². The Morgan fingerprint density at radius 2 is 1.88 bits per heavy atom. The number of nitrogens with one attached hydrogen (secondary N) is 2. The van der Waals surface area contributed by atoms with Crippen molar-refractivity contribution in [3.63, 3.8) is 0 Å². The van der Waals surface area contributed by atoms with Crippen LogP contribution in [0.3, 0.4) is 0 Å². The summed E-state index contributed by atoms with van der Waals surface area (Å²) in [6.07, 6.45) is 0.817. The average Bonchev–Trinajstić information content (AvgIpc) is 2.91. The van der Waals surface area contributed by atoms with Crippen molar-refractivity contribution in [1.82, 2.24) is 4.98 Å². The summed E-state index contributed by atoms with van der Waals surface area (Å²) in [5.74, 6) is -0.733. The molecule has 0 aliphatic rings. The highest BCUT2D eigenvalue weighted by Gasteiger charge is 2.23. The third-order valence-electron chi connectivity index (χ3n) is 4.37. The molecule has 0 atom stereocenters. The van der Waals surface area contributed by atoms with Crippen LogP contribution < -0.4 is 5.32 Å². The predicted molar refractivity (Wildman–Crippen MR) is 101 cm³/mol. The highest BCUT2D eigenvalue weighted by atomic mass is 16.6. The van der Waals surface area contributed by atoms with Crippen molar-refractivity contribution in [2.45, 2.75) is 34.1 Å². The molecule has 0 fully saturated rings. The third-order valence-corrected chi connectivity index (χ3v) is 4.37. The second kappa shape index (κ2) is 8.67. The van der Waals surface area contributed by atoms with E-state index in [1.807, 2.05) is 32.0 Å². The van der Waals surface area contributed by atoms with Crippen LogP contribution in [-0.2, 0) is 15.9 Å². The minimum absolute atomic E-state index is 0.171. The van der Waals surface area contributed by atoms with Gasteiger partial charge in [-0.2, -0.15) is 0 Å². The maximum atomic E-state index is 12.8. The van der Waals surface area contributed by atoms with Gasteiger partial charge in [-0.05, 0) is 43.9 Å². The summed E-state index contributed by atoms with van der Waals surface area (Å²) < 4.78 is 10.1. The molecule has 2 rings (SSSR count). The van der Waals surface area contributed by atoms with E-state index >= 15 is 0 Å².